The van der Waals surface area contributed by atoms with E-state index in [1.165, 1.54) is 16.5 Å². The fourth-order valence-electron chi connectivity index (χ4n) is 7.45. The van der Waals surface area contributed by atoms with E-state index < -0.39 is 0 Å². The molecule has 53 heavy (non-hydrogen) atoms. The lowest BCUT2D eigenvalue weighted by molar-refractivity contribution is 0.992. The first-order valence-corrected chi connectivity index (χ1v) is 17.8. The predicted octanol–water partition coefficient (Wildman–Crippen LogP) is 12.5. The SMILES string of the molecule is c1ccc(-c2ccc(-c3cnc(-n4c5ccc(-c6cc(-c7ccccc7)cc(-c7ccccc7)n6)cc5c5ccc6ccccc6c54)nc3)cc2)cc1. The average molecular weight is 677 g/mol. The standard InChI is InChI=1S/C49H32N4/c1-4-12-33(13-5-1)35-20-22-36(23-21-35)41-31-50-49(51-32-41)53-47-27-25-39(28-44(47)43-26-24-37-16-10-11-19-42(37)48(43)53)46-30-40(34-14-6-2-7-15-34)29-45(52-46)38-17-8-3-9-18-38/h1-32H. The minimum Gasteiger partial charge on any atom is -0.277 e. The van der Waals surface area contributed by atoms with Crippen LogP contribution in [-0.2, 0) is 0 Å². The zero-order valence-corrected chi connectivity index (χ0v) is 28.8. The van der Waals surface area contributed by atoms with Crippen molar-refractivity contribution in [2.75, 3.05) is 0 Å². The highest BCUT2D eigenvalue weighted by Crippen LogP contribution is 2.39. The summed E-state index contributed by atoms with van der Waals surface area (Å²) in [5.74, 6) is 0.634. The predicted molar refractivity (Wildman–Crippen MR) is 219 cm³/mol. The van der Waals surface area contributed by atoms with Gasteiger partial charge in [0, 0.05) is 45.2 Å². The molecule has 0 saturated carbocycles. The Morgan fingerprint density at radius 2 is 0.868 bits per heavy atom. The molecule has 0 atom stereocenters. The summed E-state index contributed by atoms with van der Waals surface area (Å²) >= 11 is 0. The Balaban J connectivity index is 1.12. The van der Waals surface area contributed by atoms with Gasteiger partial charge in [-0.3, -0.25) is 4.57 Å². The normalized spacial score (nSPS) is 11.4. The average Bonchev–Trinajstić information content (AvgIpc) is 3.59. The van der Waals surface area contributed by atoms with Crippen LogP contribution in [0, 0.1) is 0 Å². The molecular formula is C49H32N4. The molecule has 248 valence electrons. The molecule has 0 N–H and O–H groups in total. The Kier molecular flexibility index (Phi) is 7.43. The van der Waals surface area contributed by atoms with Crippen LogP contribution in [0.15, 0.2) is 194 Å². The van der Waals surface area contributed by atoms with E-state index in [0.29, 0.717) is 5.95 Å². The Bertz CT molecular complexity index is 2840. The summed E-state index contributed by atoms with van der Waals surface area (Å²) in [7, 11) is 0. The number of pyridine rings is 1. The number of benzene rings is 7. The van der Waals surface area contributed by atoms with Crippen LogP contribution in [0.25, 0.3) is 94.4 Å². The Hall–Kier alpha value is -7.17. The van der Waals surface area contributed by atoms with Gasteiger partial charge >= 0.3 is 0 Å². The van der Waals surface area contributed by atoms with E-state index in [1.807, 2.05) is 24.5 Å². The Morgan fingerprint density at radius 3 is 1.55 bits per heavy atom. The molecule has 0 bridgehead atoms. The van der Waals surface area contributed by atoms with E-state index in [-0.39, 0.29) is 0 Å². The molecule has 10 rings (SSSR count). The summed E-state index contributed by atoms with van der Waals surface area (Å²) in [6.45, 7) is 0. The third-order valence-electron chi connectivity index (χ3n) is 10.1. The van der Waals surface area contributed by atoms with Gasteiger partial charge in [0.1, 0.15) is 0 Å². The van der Waals surface area contributed by atoms with Crippen molar-refractivity contribution < 1.29 is 0 Å². The largest absolute Gasteiger partial charge is 0.277 e. The number of fused-ring (bicyclic) bond motifs is 5. The van der Waals surface area contributed by atoms with Crippen molar-refractivity contribution in [2.24, 2.45) is 0 Å². The van der Waals surface area contributed by atoms with Gasteiger partial charge in [-0.05, 0) is 57.5 Å². The van der Waals surface area contributed by atoms with Crippen LogP contribution in [0.4, 0.5) is 0 Å². The fraction of sp³-hybridized carbons (Fsp3) is 0. The number of rotatable bonds is 6. The molecule has 3 heterocycles. The van der Waals surface area contributed by atoms with Gasteiger partial charge in [0.25, 0.3) is 0 Å². The van der Waals surface area contributed by atoms with Gasteiger partial charge in [0.2, 0.25) is 5.95 Å². The monoisotopic (exact) mass is 676 g/mol. The van der Waals surface area contributed by atoms with Crippen molar-refractivity contribution in [2.45, 2.75) is 0 Å². The summed E-state index contributed by atoms with van der Waals surface area (Å²) in [5, 5.41) is 4.60. The van der Waals surface area contributed by atoms with Crippen molar-refractivity contribution in [3.63, 3.8) is 0 Å². The van der Waals surface area contributed by atoms with Gasteiger partial charge in [-0.25, -0.2) is 15.0 Å². The summed E-state index contributed by atoms with van der Waals surface area (Å²) in [5.41, 5.74) is 12.9. The second-order valence-electron chi connectivity index (χ2n) is 13.3. The molecule has 0 aliphatic rings. The fourth-order valence-corrected chi connectivity index (χ4v) is 7.45. The van der Waals surface area contributed by atoms with Crippen LogP contribution in [0.5, 0.6) is 0 Å². The number of hydrogen-bond acceptors (Lipinski definition) is 3. The van der Waals surface area contributed by atoms with Crippen molar-refractivity contribution in [3.8, 4) is 61.8 Å². The highest BCUT2D eigenvalue weighted by molar-refractivity contribution is 6.19. The third kappa shape index (κ3) is 5.54. The van der Waals surface area contributed by atoms with Crippen molar-refractivity contribution in [1.29, 1.82) is 0 Å². The first kappa shape index (κ1) is 30.6. The highest BCUT2D eigenvalue weighted by Gasteiger charge is 2.18. The number of hydrogen-bond donors (Lipinski definition) is 0. The molecule has 4 nitrogen and oxygen atoms in total. The number of nitrogens with zero attached hydrogens (tertiary/aromatic N) is 4. The van der Waals surface area contributed by atoms with E-state index in [2.05, 4.69) is 174 Å². The maximum absolute atomic E-state index is 5.23. The lowest BCUT2D eigenvalue weighted by atomic mass is 9.99. The van der Waals surface area contributed by atoms with Crippen molar-refractivity contribution in [3.05, 3.63) is 194 Å². The molecule has 0 fully saturated rings. The lowest BCUT2D eigenvalue weighted by Gasteiger charge is -2.11. The van der Waals surface area contributed by atoms with E-state index >= 15 is 0 Å². The van der Waals surface area contributed by atoms with Gasteiger partial charge in [0.15, 0.2) is 0 Å². The maximum Gasteiger partial charge on any atom is 0.234 e. The van der Waals surface area contributed by atoms with Crippen LogP contribution in [0.1, 0.15) is 0 Å². The first-order chi connectivity index (χ1) is 26.3. The van der Waals surface area contributed by atoms with Gasteiger partial charge in [0.05, 0.1) is 22.4 Å². The van der Waals surface area contributed by atoms with Crippen LogP contribution in [0.2, 0.25) is 0 Å². The molecule has 0 amide bonds. The van der Waals surface area contributed by atoms with E-state index in [4.69, 9.17) is 15.0 Å². The molecule has 7 aromatic carbocycles. The molecule has 3 aromatic heterocycles. The molecule has 0 radical (unpaired) electrons. The van der Waals surface area contributed by atoms with Gasteiger partial charge in [-0.2, -0.15) is 0 Å². The van der Waals surface area contributed by atoms with Crippen molar-refractivity contribution in [1.82, 2.24) is 19.5 Å². The van der Waals surface area contributed by atoms with E-state index in [0.717, 1.165) is 72.0 Å². The Morgan fingerprint density at radius 1 is 0.340 bits per heavy atom. The smallest absolute Gasteiger partial charge is 0.234 e. The quantitative estimate of drug-likeness (QED) is 0.176. The second-order valence-corrected chi connectivity index (χ2v) is 13.3. The maximum atomic E-state index is 5.23. The first-order valence-electron chi connectivity index (χ1n) is 17.8. The Labute approximate surface area is 307 Å². The minimum atomic E-state index is 0.634. The molecule has 0 spiro atoms. The zero-order valence-electron chi connectivity index (χ0n) is 28.8. The summed E-state index contributed by atoms with van der Waals surface area (Å²) in [6, 6.07) is 64.0. The minimum absolute atomic E-state index is 0.634. The second kappa shape index (κ2) is 12.9. The molecule has 0 aliphatic heterocycles. The van der Waals surface area contributed by atoms with Crippen molar-refractivity contribution >= 4 is 32.6 Å². The van der Waals surface area contributed by atoms with Gasteiger partial charge in [-0.1, -0.05) is 158 Å². The van der Waals surface area contributed by atoms with Crippen LogP contribution in [0.3, 0.4) is 0 Å². The van der Waals surface area contributed by atoms with E-state index in [1.54, 1.807) is 0 Å². The van der Waals surface area contributed by atoms with E-state index in [9.17, 15) is 0 Å². The zero-order chi connectivity index (χ0) is 35.1. The topological polar surface area (TPSA) is 43.6 Å². The third-order valence-corrected chi connectivity index (χ3v) is 10.1. The summed E-state index contributed by atoms with van der Waals surface area (Å²) < 4.78 is 2.21. The molecule has 0 unspecified atom stereocenters. The molecule has 0 aliphatic carbocycles. The summed E-state index contributed by atoms with van der Waals surface area (Å²) in [4.78, 5) is 15.2. The molecular weight excluding hydrogens is 645 g/mol. The van der Waals surface area contributed by atoms with Crippen LogP contribution < -0.4 is 0 Å². The van der Waals surface area contributed by atoms with Gasteiger partial charge in [-0.15, -0.1) is 0 Å². The number of aromatic nitrogens is 4. The molecule has 0 saturated heterocycles. The van der Waals surface area contributed by atoms with Crippen LogP contribution in [-0.4, -0.2) is 19.5 Å². The van der Waals surface area contributed by atoms with Crippen LogP contribution >= 0.6 is 0 Å². The molecule has 10 aromatic rings. The summed E-state index contributed by atoms with van der Waals surface area (Å²) in [6.07, 6.45) is 3.86. The lowest BCUT2D eigenvalue weighted by Crippen LogP contribution is -2.01. The molecule has 4 heteroatoms. The van der Waals surface area contributed by atoms with Gasteiger partial charge < -0.3 is 0 Å². The highest BCUT2D eigenvalue weighted by atomic mass is 15.1.